The molecule has 0 saturated heterocycles. The van der Waals surface area contributed by atoms with Gasteiger partial charge in [0.2, 0.25) is 0 Å². The van der Waals surface area contributed by atoms with Crippen LogP contribution in [0.25, 0.3) is 0 Å². The Morgan fingerprint density at radius 1 is 0.895 bits per heavy atom. The molecule has 0 saturated carbocycles. The summed E-state index contributed by atoms with van der Waals surface area (Å²) in [6, 6.07) is 0.691. The maximum absolute atomic E-state index is 8.61. The van der Waals surface area contributed by atoms with E-state index in [0.29, 0.717) is 12.6 Å². The average Bonchev–Trinajstić information content (AvgIpc) is 2.42. The van der Waals surface area contributed by atoms with Crippen molar-refractivity contribution in [2.75, 3.05) is 26.4 Å². The number of ether oxygens (including phenoxy) is 1. The highest BCUT2D eigenvalue weighted by atomic mass is 16.5. The van der Waals surface area contributed by atoms with E-state index in [1.54, 1.807) is 0 Å². The molecule has 0 amide bonds. The molecule has 0 aromatic heterocycles. The number of aliphatic hydroxyl groups is 1. The molecule has 2 N–H and O–H groups in total. The first-order chi connectivity index (χ1) is 9.35. The third-order valence-corrected chi connectivity index (χ3v) is 3.45. The predicted octanol–water partition coefficient (Wildman–Crippen LogP) is 3.50. The van der Waals surface area contributed by atoms with Crippen LogP contribution in [0.1, 0.15) is 71.6 Å². The van der Waals surface area contributed by atoms with Gasteiger partial charge >= 0.3 is 0 Å². The Labute approximate surface area is 120 Å². The van der Waals surface area contributed by atoms with Crippen molar-refractivity contribution in [3.8, 4) is 0 Å². The summed E-state index contributed by atoms with van der Waals surface area (Å²) in [5.74, 6) is 0. The van der Waals surface area contributed by atoms with Crippen LogP contribution in [0.3, 0.4) is 0 Å². The fourth-order valence-electron chi connectivity index (χ4n) is 2.28. The molecule has 0 aliphatic rings. The summed E-state index contributed by atoms with van der Waals surface area (Å²) in [5.41, 5.74) is 0. The molecule has 3 nitrogen and oxygen atoms in total. The van der Waals surface area contributed by atoms with E-state index in [1.165, 1.54) is 51.4 Å². The highest BCUT2D eigenvalue weighted by Gasteiger charge is 2.06. The summed E-state index contributed by atoms with van der Waals surface area (Å²) >= 11 is 0. The van der Waals surface area contributed by atoms with Gasteiger partial charge in [0.05, 0.1) is 13.2 Å². The number of aliphatic hydroxyl groups excluding tert-OH is 1. The van der Waals surface area contributed by atoms with Gasteiger partial charge in [-0.05, 0) is 25.8 Å². The Kier molecular flexibility index (Phi) is 15.8. The molecular formula is C16H35NO2. The minimum absolute atomic E-state index is 0.129. The quantitative estimate of drug-likeness (QED) is 0.449. The van der Waals surface area contributed by atoms with E-state index in [2.05, 4.69) is 19.2 Å². The monoisotopic (exact) mass is 273 g/mol. The Bertz CT molecular complexity index is 155. The van der Waals surface area contributed by atoms with Crippen molar-refractivity contribution in [1.29, 1.82) is 0 Å². The van der Waals surface area contributed by atoms with Crippen LogP contribution in [-0.2, 0) is 4.74 Å². The average molecular weight is 273 g/mol. The lowest BCUT2D eigenvalue weighted by Gasteiger charge is -2.18. The zero-order valence-electron chi connectivity index (χ0n) is 13.1. The van der Waals surface area contributed by atoms with Crippen LogP contribution in [-0.4, -0.2) is 37.5 Å². The van der Waals surface area contributed by atoms with Gasteiger partial charge in [0.1, 0.15) is 0 Å². The maximum Gasteiger partial charge on any atom is 0.0697 e. The van der Waals surface area contributed by atoms with E-state index in [1.807, 2.05) is 0 Å². The summed E-state index contributed by atoms with van der Waals surface area (Å²) in [7, 11) is 0. The van der Waals surface area contributed by atoms with Crippen molar-refractivity contribution in [2.24, 2.45) is 0 Å². The Balaban J connectivity index is 3.58. The van der Waals surface area contributed by atoms with Gasteiger partial charge in [0.25, 0.3) is 0 Å². The van der Waals surface area contributed by atoms with Crippen LogP contribution in [0.2, 0.25) is 0 Å². The van der Waals surface area contributed by atoms with Crippen LogP contribution in [0.4, 0.5) is 0 Å². The maximum atomic E-state index is 8.61. The van der Waals surface area contributed by atoms with Gasteiger partial charge in [-0.15, -0.1) is 0 Å². The molecule has 0 radical (unpaired) electrons. The molecule has 0 rings (SSSR count). The number of hydrogen-bond acceptors (Lipinski definition) is 3. The molecule has 19 heavy (non-hydrogen) atoms. The minimum Gasteiger partial charge on any atom is -0.394 e. The second-order valence-electron chi connectivity index (χ2n) is 5.33. The molecule has 0 fully saturated rings. The first kappa shape index (κ1) is 18.9. The largest absolute Gasteiger partial charge is 0.394 e. The zero-order chi connectivity index (χ0) is 14.2. The SMILES string of the molecule is CCCCCC(CCCCC)NCCCOCCO. The normalized spacial score (nSPS) is 11.4. The van der Waals surface area contributed by atoms with Gasteiger partial charge in [-0.25, -0.2) is 0 Å². The van der Waals surface area contributed by atoms with Gasteiger partial charge in [-0.2, -0.15) is 0 Å². The summed E-state index contributed by atoms with van der Waals surface area (Å²) in [6.45, 7) is 6.91. The Morgan fingerprint density at radius 3 is 2.05 bits per heavy atom. The third-order valence-electron chi connectivity index (χ3n) is 3.45. The molecule has 116 valence electrons. The van der Waals surface area contributed by atoms with Crippen LogP contribution in [0, 0.1) is 0 Å². The standard InChI is InChI=1S/C16H35NO2/c1-3-5-7-10-16(11-8-6-4-2)17-12-9-14-19-15-13-18/h16-18H,3-15H2,1-2H3. The van der Waals surface area contributed by atoms with E-state index in [4.69, 9.17) is 9.84 Å². The summed E-state index contributed by atoms with van der Waals surface area (Å²) < 4.78 is 5.27. The van der Waals surface area contributed by atoms with E-state index in [0.717, 1.165) is 19.6 Å². The van der Waals surface area contributed by atoms with Gasteiger partial charge in [-0.1, -0.05) is 52.4 Å². The second-order valence-corrected chi connectivity index (χ2v) is 5.33. The number of nitrogens with one attached hydrogen (secondary N) is 1. The van der Waals surface area contributed by atoms with Crippen molar-refractivity contribution in [3.63, 3.8) is 0 Å². The molecule has 0 heterocycles. The molecule has 0 aliphatic carbocycles. The predicted molar refractivity (Wildman–Crippen MR) is 82.6 cm³/mol. The lowest BCUT2D eigenvalue weighted by molar-refractivity contribution is 0.0902. The second kappa shape index (κ2) is 15.9. The van der Waals surface area contributed by atoms with Crippen molar-refractivity contribution in [2.45, 2.75) is 77.7 Å². The van der Waals surface area contributed by atoms with E-state index in [-0.39, 0.29) is 6.61 Å². The molecule has 0 atom stereocenters. The van der Waals surface area contributed by atoms with Gasteiger partial charge in [-0.3, -0.25) is 0 Å². The molecule has 0 aliphatic heterocycles. The van der Waals surface area contributed by atoms with Gasteiger partial charge in [0.15, 0.2) is 0 Å². The molecule has 0 aromatic rings. The van der Waals surface area contributed by atoms with Gasteiger partial charge in [0, 0.05) is 12.6 Å². The molecule has 0 bridgehead atoms. The van der Waals surface area contributed by atoms with Crippen LogP contribution in [0.15, 0.2) is 0 Å². The molecular weight excluding hydrogens is 238 g/mol. The molecule has 0 spiro atoms. The summed E-state index contributed by atoms with van der Waals surface area (Å²) in [5, 5.41) is 12.3. The first-order valence-corrected chi connectivity index (χ1v) is 8.27. The topological polar surface area (TPSA) is 41.5 Å². The highest BCUT2D eigenvalue weighted by Crippen LogP contribution is 2.11. The Hall–Kier alpha value is -0.120. The van der Waals surface area contributed by atoms with Gasteiger partial charge < -0.3 is 15.2 Å². The summed E-state index contributed by atoms with van der Waals surface area (Å²) in [4.78, 5) is 0. The minimum atomic E-state index is 0.129. The van der Waals surface area contributed by atoms with E-state index in [9.17, 15) is 0 Å². The van der Waals surface area contributed by atoms with Crippen molar-refractivity contribution >= 4 is 0 Å². The third kappa shape index (κ3) is 14.1. The van der Waals surface area contributed by atoms with Crippen molar-refractivity contribution < 1.29 is 9.84 Å². The number of unbranched alkanes of at least 4 members (excludes halogenated alkanes) is 4. The van der Waals surface area contributed by atoms with E-state index >= 15 is 0 Å². The number of rotatable bonds is 15. The zero-order valence-corrected chi connectivity index (χ0v) is 13.1. The summed E-state index contributed by atoms with van der Waals surface area (Å²) in [6.07, 6.45) is 11.7. The Morgan fingerprint density at radius 2 is 1.53 bits per heavy atom. The highest BCUT2D eigenvalue weighted by molar-refractivity contribution is 4.67. The first-order valence-electron chi connectivity index (χ1n) is 8.27. The fourth-order valence-corrected chi connectivity index (χ4v) is 2.28. The smallest absolute Gasteiger partial charge is 0.0697 e. The molecule has 0 unspecified atom stereocenters. The van der Waals surface area contributed by atoms with Crippen LogP contribution < -0.4 is 5.32 Å². The van der Waals surface area contributed by atoms with Crippen LogP contribution in [0.5, 0.6) is 0 Å². The molecule has 3 heteroatoms. The fraction of sp³-hybridized carbons (Fsp3) is 1.00. The van der Waals surface area contributed by atoms with Crippen LogP contribution >= 0.6 is 0 Å². The van der Waals surface area contributed by atoms with Crippen molar-refractivity contribution in [3.05, 3.63) is 0 Å². The lowest BCUT2D eigenvalue weighted by atomic mass is 10.0. The van der Waals surface area contributed by atoms with Crippen molar-refractivity contribution in [1.82, 2.24) is 5.32 Å². The number of hydrogen-bond donors (Lipinski definition) is 2. The molecule has 0 aromatic carbocycles. The van der Waals surface area contributed by atoms with E-state index < -0.39 is 0 Å². The lowest BCUT2D eigenvalue weighted by Crippen LogP contribution is -2.30.